The zero-order chi connectivity index (χ0) is 21.6. The number of likely N-dealkylation sites (tertiary alicyclic amines) is 1. The smallest absolute Gasteiger partial charge is 0.226 e. The average Bonchev–Trinajstić information content (AvgIpc) is 3.29. The predicted molar refractivity (Wildman–Crippen MR) is 115 cm³/mol. The van der Waals surface area contributed by atoms with E-state index in [0.29, 0.717) is 31.6 Å². The van der Waals surface area contributed by atoms with Crippen LogP contribution in [0.1, 0.15) is 16.9 Å². The molecular weight excluding hydrogens is 388 g/mol. The lowest BCUT2D eigenvalue weighted by Crippen LogP contribution is -2.54. The highest BCUT2D eigenvalue weighted by molar-refractivity contribution is 5.80. The van der Waals surface area contributed by atoms with Crippen LogP contribution in [0, 0.1) is 28.6 Å². The van der Waals surface area contributed by atoms with Crippen molar-refractivity contribution in [3.05, 3.63) is 83.8 Å². The minimum absolute atomic E-state index is 0.0727. The molecule has 1 fully saturated rings. The molecule has 1 amide bonds. The van der Waals surface area contributed by atoms with E-state index in [9.17, 15) is 10.1 Å². The van der Waals surface area contributed by atoms with Gasteiger partial charge in [-0.05, 0) is 41.0 Å². The van der Waals surface area contributed by atoms with Crippen molar-refractivity contribution in [2.75, 3.05) is 13.1 Å². The van der Waals surface area contributed by atoms with Crippen LogP contribution in [0.2, 0.25) is 0 Å². The van der Waals surface area contributed by atoms with Gasteiger partial charge in [-0.25, -0.2) is 0 Å². The third-order valence-corrected chi connectivity index (χ3v) is 5.50. The number of hydrogen-bond donors (Lipinski definition) is 1. The Morgan fingerprint density at radius 3 is 2.32 bits per heavy atom. The summed E-state index contributed by atoms with van der Waals surface area (Å²) in [4.78, 5) is 14.6. The van der Waals surface area contributed by atoms with E-state index < -0.39 is 6.04 Å². The fourth-order valence-electron chi connectivity index (χ4n) is 3.71. The number of hydrogen-bond acceptors (Lipinski definition) is 5. The first-order chi connectivity index (χ1) is 15.1. The van der Waals surface area contributed by atoms with Crippen LogP contribution in [-0.4, -0.2) is 29.9 Å². The SMILES string of the molecule is N#Cc1ccc(-c2ccc(CC(C#N)NC(=O)C3CN(Cc4ccco4)C3)cc2)cc1. The summed E-state index contributed by atoms with van der Waals surface area (Å²) in [5.41, 5.74) is 3.68. The second-order valence-electron chi connectivity index (χ2n) is 7.75. The van der Waals surface area contributed by atoms with E-state index in [-0.39, 0.29) is 11.8 Å². The van der Waals surface area contributed by atoms with Crippen LogP contribution in [-0.2, 0) is 17.8 Å². The van der Waals surface area contributed by atoms with Crippen LogP contribution >= 0.6 is 0 Å². The molecule has 31 heavy (non-hydrogen) atoms. The summed E-state index contributed by atoms with van der Waals surface area (Å²) in [6.07, 6.45) is 2.10. The number of nitrogens with one attached hydrogen (secondary N) is 1. The van der Waals surface area contributed by atoms with Crippen molar-refractivity contribution in [3.63, 3.8) is 0 Å². The molecule has 0 saturated carbocycles. The summed E-state index contributed by atoms with van der Waals surface area (Å²) < 4.78 is 5.33. The van der Waals surface area contributed by atoms with E-state index in [0.717, 1.165) is 22.5 Å². The molecule has 0 radical (unpaired) electrons. The van der Waals surface area contributed by atoms with E-state index in [1.54, 1.807) is 18.4 Å². The normalized spacial score (nSPS) is 14.8. The highest BCUT2D eigenvalue weighted by atomic mass is 16.3. The highest BCUT2D eigenvalue weighted by Gasteiger charge is 2.33. The van der Waals surface area contributed by atoms with Crippen molar-refractivity contribution >= 4 is 5.91 Å². The van der Waals surface area contributed by atoms with E-state index in [2.05, 4.69) is 22.4 Å². The standard InChI is InChI=1S/C25H22N4O2/c26-13-19-5-9-21(10-6-19)20-7-3-18(4-8-20)12-23(14-27)28-25(30)22-15-29(16-22)17-24-2-1-11-31-24/h1-11,22-23H,12,15-17H2,(H,28,30). The number of nitrogens with zero attached hydrogens (tertiary/aromatic N) is 3. The van der Waals surface area contributed by atoms with Crippen molar-refractivity contribution in [1.29, 1.82) is 10.5 Å². The molecule has 2 aromatic carbocycles. The monoisotopic (exact) mass is 410 g/mol. The van der Waals surface area contributed by atoms with Gasteiger partial charge in [-0.1, -0.05) is 36.4 Å². The summed E-state index contributed by atoms with van der Waals surface area (Å²) in [5, 5.41) is 21.3. The summed E-state index contributed by atoms with van der Waals surface area (Å²) in [5.74, 6) is 0.722. The average molecular weight is 410 g/mol. The number of carbonyl (C=O) groups is 1. The van der Waals surface area contributed by atoms with Gasteiger partial charge in [0, 0.05) is 19.5 Å². The minimum atomic E-state index is -0.563. The first kappa shape index (κ1) is 20.4. The van der Waals surface area contributed by atoms with Crippen molar-refractivity contribution in [1.82, 2.24) is 10.2 Å². The van der Waals surface area contributed by atoms with Crippen LogP contribution in [0.15, 0.2) is 71.3 Å². The predicted octanol–water partition coefficient (Wildman–Crippen LogP) is 3.50. The molecule has 1 aliphatic heterocycles. The number of furan rings is 1. The molecule has 6 nitrogen and oxygen atoms in total. The zero-order valence-electron chi connectivity index (χ0n) is 17.0. The van der Waals surface area contributed by atoms with Gasteiger partial charge in [0.2, 0.25) is 5.91 Å². The molecule has 4 rings (SSSR count). The summed E-state index contributed by atoms with van der Waals surface area (Å²) in [7, 11) is 0. The topological polar surface area (TPSA) is 93.1 Å². The Morgan fingerprint density at radius 2 is 1.74 bits per heavy atom. The Labute approximate surface area is 181 Å². The molecular formula is C25H22N4O2. The van der Waals surface area contributed by atoms with Crippen LogP contribution in [0.4, 0.5) is 0 Å². The first-order valence-electron chi connectivity index (χ1n) is 10.2. The fourth-order valence-corrected chi connectivity index (χ4v) is 3.71. The van der Waals surface area contributed by atoms with E-state index in [4.69, 9.17) is 9.68 Å². The van der Waals surface area contributed by atoms with Gasteiger partial charge in [0.05, 0.1) is 36.4 Å². The molecule has 1 aliphatic rings. The second-order valence-corrected chi connectivity index (χ2v) is 7.75. The quantitative estimate of drug-likeness (QED) is 0.643. The van der Waals surface area contributed by atoms with Gasteiger partial charge in [-0.2, -0.15) is 10.5 Å². The number of rotatable bonds is 7. The molecule has 0 spiro atoms. The third kappa shape index (κ3) is 5.01. The molecule has 1 unspecified atom stereocenters. The maximum atomic E-state index is 12.5. The molecule has 2 heterocycles. The van der Waals surface area contributed by atoms with Crippen molar-refractivity contribution < 1.29 is 9.21 Å². The lowest BCUT2D eigenvalue weighted by molar-refractivity contribution is -0.131. The minimum Gasteiger partial charge on any atom is -0.468 e. The van der Waals surface area contributed by atoms with Crippen LogP contribution in [0.3, 0.4) is 0 Å². The molecule has 0 aliphatic carbocycles. The van der Waals surface area contributed by atoms with E-state index >= 15 is 0 Å². The Hall–Kier alpha value is -3.87. The molecule has 3 aromatic rings. The third-order valence-electron chi connectivity index (χ3n) is 5.50. The highest BCUT2D eigenvalue weighted by Crippen LogP contribution is 2.22. The maximum absolute atomic E-state index is 12.5. The van der Waals surface area contributed by atoms with Gasteiger partial charge in [-0.15, -0.1) is 0 Å². The van der Waals surface area contributed by atoms with Crippen molar-refractivity contribution in [2.45, 2.75) is 19.0 Å². The van der Waals surface area contributed by atoms with E-state index in [1.807, 2.05) is 48.5 Å². The van der Waals surface area contributed by atoms with Crippen LogP contribution in [0.5, 0.6) is 0 Å². The van der Waals surface area contributed by atoms with Gasteiger partial charge >= 0.3 is 0 Å². The van der Waals surface area contributed by atoms with Crippen LogP contribution in [0.25, 0.3) is 11.1 Å². The number of nitriles is 2. The molecule has 1 saturated heterocycles. The largest absolute Gasteiger partial charge is 0.468 e. The lowest BCUT2D eigenvalue weighted by atomic mass is 9.97. The molecule has 1 aromatic heterocycles. The van der Waals surface area contributed by atoms with Crippen molar-refractivity contribution in [3.8, 4) is 23.3 Å². The molecule has 0 bridgehead atoms. The molecule has 1 atom stereocenters. The fraction of sp³-hybridized carbons (Fsp3) is 0.240. The summed E-state index contributed by atoms with van der Waals surface area (Å²) in [6, 6.07) is 22.9. The Balaban J connectivity index is 1.28. The maximum Gasteiger partial charge on any atom is 0.226 e. The Kier molecular flexibility index (Phi) is 6.12. The molecule has 1 N–H and O–H groups in total. The lowest BCUT2D eigenvalue weighted by Gasteiger charge is -2.37. The summed E-state index contributed by atoms with van der Waals surface area (Å²) in [6.45, 7) is 2.04. The number of amides is 1. The zero-order valence-corrected chi connectivity index (χ0v) is 17.0. The molecule has 6 heteroatoms. The number of carbonyl (C=O) groups excluding carboxylic acids is 1. The Bertz CT molecular complexity index is 1100. The van der Waals surface area contributed by atoms with Gasteiger partial charge < -0.3 is 9.73 Å². The number of benzene rings is 2. The van der Waals surface area contributed by atoms with Gasteiger partial charge in [0.1, 0.15) is 11.8 Å². The Morgan fingerprint density at radius 1 is 1.06 bits per heavy atom. The van der Waals surface area contributed by atoms with Gasteiger partial charge in [0.15, 0.2) is 0 Å². The molecule has 154 valence electrons. The van der Waals surface area contributed by atoms with Crippen molar-refractivity contribution in [2.24, 2.45) is 5.92 Å². The van der Waals surface area contributed by atoms with Gasteiger partial charge in [0.25, 0.3) is 0 Å². The first-order valence-corrected chi connectivity index (χ1v) is 10.2. The summed E-state index contributed by atoms with van der Waals surface area (Å²) >= 11 is 0. The van der Waals surface area contributed by atoms with Crippen LogP contribution < -0.4 is 5.32 Å². The van der Waals surface area contributed by atoms with Gasteiger partial charge in [-0.3, -0.25) is 9.69 Å². The second kappa shape index (κ2) is 9.30. The van der Waals surface area contributed by atoms with E-state index in [1.165, 1.54) is 0 Å².